The zero-order valence-corrected chi connectivity index (χ0v) is 10.1. The Morgan fingerprint density at radius 1 is 1.33 bits per heavy atom. The zero-order valence-electron chi connectivity index (χ0n) is 10.1. The highest BCUT2D eigenvalue weighted by molar-refractivity contribution is 5.00. The smallest absolute Gasteiger partial charge is 0.0198 e. The second kappa shape index (κ2) is 5.13. The number of nitrogens with zero attached hydrogens (tertiary/aromatic N) is 1. The molecule has 2 rings (SSSR count). The normalized spacial score (nSPS) is 29.1. The van der Waals surface area contributed by atoms with E-state index in [-0.39, 0.29) is 0 Å². The van der Waals surface area contributed by atoms with Crippen molar-refractivity contribution in [2.24, 2.45) is 5.92 Å². The molecule has 2 nitrogen and oxygen atoms in total. The van der Waals surface area contributed by atoms with Gasteiger partial charge in [-0.15, -0.1) is 0 Å². The van der Waals surface area contributed by atoms with Crippen molar-refractivity contribution in [3.05, 3.63) is 12.2 Å². The minimum atomic E-state index is 0.722. The van der Waals surface area contributed by atoms with E-state index in [0.717, 1.165) is 18.0 Å². The Labute approximate surface area is 93.7 Å². The molecule has 0 aromatic carbocycles. The molecule has 0 aromatic heterocycles. The molecule has 0 bridgehead atoms. The van der Waals surface area contributed by atoms with Crippen molar-refractivity contribution in [2.75, 3.05) is 19.6 Å². The van der Waals surface area contributed by atoms with E-state index in [2.05, 4.69) is 36.2 Å². The van der Waals surface area contributed by atoms with Crippen molar-refractivity contribution >= 4 is 0 Å². The summed E-state index contributed by atoms with van der Waals surface area (Å²) in [4.78, 5) is 2.68. The minimum Gasteiger partial charge on any atom is -0.311 e. The number of nitrogens with one attached hydrogen (secondary N) is 1. The van der Waals surface area contributed by atoms with E-state index in [0.29, 0.717) is 0 Å². The summed E-state index contributed by atoms with van der Waals surface area (Å²) in [5, 5.41) is 3.64. The van der Waals surface area contributed by atoms with Gasteiger partial charge in [-0.2, -0.15) is 0 Å². The van der Waals surface area contributed by atoms with E-state index in [9.17, 15) is 0 Å². The molecule has 1 saturated heterocycles. The third-order valence-electron chi connectivity index (χ3n) is 3.54. The third kappa shape index (κ3) is 3.05. The lowest BCUT2D eigenvalue weighted by atomic mass is 10.0. The van der Waals surface area contributed by atoms with Crippen LogP contribution in [-0.2, 0) is 0 Å². The first-order valence-corrected chi connectivity index (χ1v) is 6.38. The van der Waals surface area contributed by atoms with Crippen molar-refractivity contribution in [1.29, 1.82) is 0 Å². The summed E-state index contributed by atoms with van der Waals surface area (Å²) in [6.45, 7) is 8.30. The first-order chi connectivity index (χ1) is 7.25. The summed E-state index contributed by atoms with van der Waals surface area (Å²) in [5.41, 5.74) is 0. The van der Waals surface area contributed by atoms with Gasteiger partial charge in [0.1, 0.15) is 0 Å². The van der Waals surface area contributed by atoms with Gasteiger partial charge in [-0.3, -0.25) is 4.90 Å². The van der Waals surface area contributed by atoms with Gasteiger partial charge in [0.05, 0.1) is 0 Å². The summed E-state index contributed by atoms with van der Waals surface area (Å²) < 4.78 is 0. The number of rotatable bonds is 3. The van der Waals surface area contributed by atoms with Crippen LogP contribution in [0.2, 0.25) is 0 Å². The molecule has 1 N–H and O–H groups in total. The van der Waals surface area contributed by atoms with Crippen LogP contribution in [0, 0.1) is 5.92 Å². The fraction of sp³-hybridized carbons (Fsp3) is 0.846. The molecule has 0 amide bonds. The highest BCUT2D eigenvalue weighted by Crippen LogP contribution is 2.19. The number of hydrogen-bond donors (Lipinski definition) is 1. The van der Waals surface area contributed by atoms with Gasteiger partial charge in [-0.25, -0.2) is 0 Å². The molecule has 2 aliphatic rings. The van der Waals surface area contributed by atoms with Gasteiger partial charge in [-0.1, -0.05) is 26.0 Å². The standard InChI is InChI=1S/C13H24N2/c1-11(2)9-12-10-15(8-7-14-12)13-5-3-4-6-13/h3-4,11-14H,5-10H2,1-2H3. The molecule has 0 saturated carbocycles. The van der Waals surface area contributed by atoms with Crippen LogP contribution in [0.1, 0.15) is 33.1 Å². The van der Waals surface area contributed by atoms with Crippen LogP contribution in [0.3, 0.4) is 0 Å². The maximum absolute atomic E-state index is 3.64. The molecule has 1 unspecified atom stereocenters. The highest BCUT2D eigenvalue weighted by Gasteiger charge is 2.25. The van der Waals surface area contributed by atoms with E-state index in [1.807, 2.05) is 0 Å². The Morgan fingerprint density at radius 3 is 2.73 bits per heavy atom. The number of piperazine rings is 1. The molecule has 0 spiro atoms. The summed E-state index contributed by atoms with van der Waals surface area (Å²) in [6.07, 6.45) is 8.54. The van der Waals surface area contributed by atoms with Crippen molar-refractivity contribution in [1.82, 2.24) is 10.2 Å². The number of hydrogen-bond acceptors (Lipinski definition) is 2. The maximum atomic E-state index is 3.64. The Bertz CT molecular complexity index is 215. The van der Waals surface area contributed by atoms with Crippen LogP contribution in [0.5, 0.6) is 0 Å². The molecule has 1 aliphatic carbocycles. The predicted molar refractivity (Wildman–Crippen MR) is 65.0 cm³/mol. The third-order valence-corrected chi connectivity index (χ3v) is 3.54. The summed E-state index contributed by atoms with van der Waals surface area (Å²) in [6, 6.07) is 1.53. The average molecular weight is 208 g/mol. The molecular weight excluding hydrogens is 184 g/mol. The van der Waals surface area contributed by atoms with E-state index in [1.54, 1.807) is 0 Å². The van der Waals surface area contributed by atoms with Crippen LogP contribution in [-0.4, -0.2) is 36.6 Å². The van der Waals surface area contributed by atoms with Gasteiger partial charge < -0.3 is 5.32 Å². The Hall–Kier alpha value is -0.340. The van der Waals surface area contributed by atoms with E-state index in [4.69, 9.17) is 0 Å². The van der Waals surface area contributed by atoms with Gasteiger partial charge in [0.15, 0.2) is 0 Å². The largest absolute Gasteiger partial charge is 0.311 e. The van der Waals surface area contributed by atoms with Crippen LogP contribution in [0.25, 0.3) is 0 Å². The lowest BCUT2D eigenvalue weighted by molar-refractivity contribution is 0.140. The molecule has 1 atom stereocenters. The minimum absolute atomic E-state index is 0.722. The molecular formula is C13H24N2. The summed E-state index contributed by atoms with van der Waals surface area (Å²) >= 11 is 0. The van der Waals surface area contributed by atoms with Crippen LogP contribution < -0.4 is 5.32 Å². The van der Waals surface area contributed by atoms with E-state index >= 15 is 0 Å². The van der Waals surface area contributed by atoms with E-state index < -0.39 is 0 Å². The molecule has 0 aromatic rings. The molecule has 2 heteroatoms. The zero-order chi connectivity index (χ0) is 10.7. The van der Waals surface area contributed by atoms with Crippen LogP contribution >= 0.6 is 0 Å². The van der Waals surface area contributed by atoms with Crippen molar-refractivity contribution in [3.63, 3.8) is 0 Å². The lowest BCUT2D eigenvalue weighted by Crippen LogP contribution is -2.53. The predicted octanol–water partition coefficient (Wildman–Crippen LogP) is 2.02. The first kappa shape index (κ1) is 11.2. The average Bonchev–Trinajstić information content (AvgIpc) is 2.69. The summed E-state index contributed by atoms with van der Waals surface area (Å²) in [5.74, 6) is 0.809. The Balaban J connectivity index is 1.81. The van der Waals surface area contributed by atoms with Gasteiger partial charge in [0, 0.05) is 31.7 Å². The van der Waals surface area contributed by atoms with Gasteiger partial charge >= 0.3 is 0 Å². The van der Waals surface area contributed by atoms with Crippen molar-refractivity contribution < 1.29 is 0 Å². The van der Waals surface area contributed by atoms with Gasteiger partial charge in [-0.05, 0) is 25.2 Å². The van der Waals surface area contributed by atoms with E-state index in [1.165, 1.54) is 38.9 Å². The first-order valence-electron chi connectivity index (χ1n) is 6.38. The Morgan fingerprint density at radius 2 is 2.07 bits per heavy atom. The molecule has 86 valence electrons. The Kier molecular flexibility index (Phi) is 3.81. The van der Waals surface area contributed by atoms with Crippen LogP contribution in [0.15, 0.2) is 12.2 Å². The van der Waals surface area contributed by atoms with Crippen LogP contribution in [0.4, 0.5) is 0 Å². The molecule has 1 fully saturated rings. The topological polar surface area (TPSA) is 15.3 Å². The fourth-order valence-electron chi connectivity index (χ4n) is 2.81. The maximum Gasteiger partial charge on any atom is 0.0198 e. The van der Waals surface area contributed by atoms with Crippen molar-refractivity contribution in [3.8, 4) is 0 Å². The summed E-state index contributed by atoms with van der Waals surface area (Å²) in [7, 11) is 0. The fourth-order valence-corrected chi connectivity index (χ4v) is 2.81. The molecule has 1 heterocycles. The molecule has 15 heavy (non-hydrogen) atoms. The van der Waals surface area contributed by atoms with Gasteiger partial charge in [0.25, 0.3) is 0 Å². The molecule has 1 aliphatic heterocycles. The SMILES string of the molecule is CC(C)CC1CN(C2CC=CC2)CCN1. The van der Waals surface area contributed by atoms with Gasteiger partial charge in [0.2, 0.25) is 0 Å². The molecule has 0 radical (unpaired) electrons. The second-order valence-corrected chi connectivity index (χ2v) is 5.37. The monoisotopic (exact) mass is 208 g/mol. The highest BCUT2D eigenvalue weighted by atomic mass is 15.2. The van der Waals surface area contributed by atoms with Crippen molar-refractivity contribution in [2.45, 2.75) is 45.2 Å². The second-order valence-electron chi connectivity index (χ2n) is 5.37. The quantitative estimate of drug-likeness (QED) is 0.714. The lowest BCUT2D eigenvalue weighted by Gasteiger charge is -2.38.